The summed E-state index contributed by atoms with van der Waals surface area (Å²) in [5.41, 5.74) is 23.7. The van der Waals surface area contributed by atoms with Crippen molar-refractivity contribution in [3.63, 3.8) is 0 Å². The van der Waals surface area contributed by atoms with E-state index in [4.69, 9.17) is 0 Å². The molecule has 0 N–H and O–H groups in total. The normalized spacial score (nSPS) is 11.9. The van der Waals surface area contributed by atoms with Crippen molar-refractivity contribution < 1.29 is 0 Å². The molecular formula is C69H45N. The Morgan fingerprint density at radius 2 is 0.614 bits per heavy atom. The molecule has 0 spiro atoms. The van der Waals surface area contributed by atoms with E-state index >= 15 is 0 Å². The molecule has 1 aliphatic rings. The Hall–Kier alpha value is -9.04. The van der Waals surface area contributed by atoms with Crippen LogP contribution in [0.25, 0.3) is 127 Å². The molecule has 13 aromatic rings. The van der Waals surface area contributed by atoms with Crippen molar-refractivity contribution in [2.24, 2.45) is 0 Å². The van der Waals surface area contributed by atoms with Crippen LogP contribution in [0.1, 0.15) is 11.1 Å². The van der Waals surface area contributed by atoms with Gasteiger partial charge in [0.2, 0.25) is 0 Å². The Bertz CT molecular complexity index is 3970. The first-order valence-corrected chi connectivity index (χ1v) is 24.3. The molecule has 14 rings (SSSR count). The van der Waals surface area contributed by atoms with Crippen LogP contribution in [-0.4, -0.2) is 4.57 Å². The number of nitrogens with zero attached hydrogens (tertiary/aromatic N) is 1. The summed E-state index contributed by atoms with van der Waals surface area (Å²) >= 11 is 0. The number of rotatable bonds is 7. The SMILES string of the molecule is c1ccc(-c2ccc(-c3ccc4c(c3)Cc3cc(-n5c6ccc(-c7ccc(-c8cccc9ccccc89)cc7)cc6c6cc(-c7ccc(-c8cccc9ccccc89)cc7)ccc65)ccc3-4)cc2)cc1. The average molecular weight is 888 g/mol. The third-order valence-corrected chi connectivity index (χ3v) is 14.9. The van der Waals surface area contributed by atoms with Gasteiger partial charge in [0.05, 0.1) is 11.0 Å². The summed E-state index contributed by atoms with van der Waals surface area (Å²) < 4.78 is 2.48. The number of hydrogen-bond donors (Lipinski definition) is 0. The van der Waals surface area contributed by atoms with Crippen molar-refractivity contribution in [1.29, 1.82) is 0 Å². The van der Waals surface area contributed by atoms with Gasteiger partial charge in [-0.05, 0) is 153 Å². The third kappa shape index (κ3) is 6.78. The molecular weight excluding hydrogens is 843 g/mol. The van der Waals surface area contributed by atoms with Gasteiger partial charge in [-0.3, -0.25) is 0 Å². The predicted octanol–water partition coefficient (Wildman–Crippen LogP) is 18.7. The van der Waals surface area contributed by atoms with Crippen LogP contribution in [0.15, 0.2) is 261 Å². The van der Waals surface area contributed by atoms with Gasteiger partial charge in [0, 0.05) is 16.5 Å². The van der Waals surface area contributed by atoms with E-state index in [0.29, 0.717) is 0 Å². The van der Waals surface area contributed by atoms with Gasteiger partial charge in [-0.2, -0.15) is 0 Å². The molecule has 0 atom stereocenters. The zero-order valence-corrected chi connectivity index (χ0v) is 38.5. The van der Waals surface area contributed by atoms with Crippen LogP contribution in [0.3, 0.4) is 0 Å². The van der Waals surface area contributed by atoms with E-state index in [-0.39, 0.29) is 0 Å². The van der Waals surface area contributed by atoms with E-state index < -0.39 is 0 Å². The number of fused-ring (bicyclic) bond motifs is 8. The number of benzene rings is 12. The Kier molecular flexibility index (Phi) is 9.35. The summed E-state index contributed by atoms with van der Waals surface area (Å²) in [6.45, 7) is 0. The maximum absolute atomic E-state index is 2.48. The molecule has 0 saturated heterocycles. The molecule has 0 aliphatic heterocycles. The molecule has 1 heterocycles. The Labute approximate surface area is 407 Å². The molecule has 0 radical (unpaired) electrons. The van der Waals surface area contributed by atoms with Crippen LogP contribution < -0.4 is 0 Å². The zero-order valence-electron chi connectivity index (χ0n) is 38.5. The van der Waals surface area contributed by atoms with Crippen molar-refractivity contribution in [3.05, 3.63) is 272 Å². The summed E-state index contributed by atoms with van der Waals surface area (Å²) in [4.78, 5) is 0. The average Bonchev–Trinajstić information content (AvgIpc) is 3.97. The highest BCUT2D eigenvalue weighted by Gasteiger charge is 2.22. The molecule has 326 valence electrons. The zero-order chi connectivity index (χ0) is 46.1. The molecule has 12 aromatic carbocycles. The fraction of sp³-hybridized carbons (Fsp3) is 0.0145. The van der Waals surface area contributed by atoms with Crippen LogP contribution in [-0.2, 0) is 6.42 Å². The lowest BCUT2D eigenvalue weighted by Crippen LogP contribution is -1.95. The molecule has 1 aliphatic carbocycles. The minimum Gasteiger partial charge on any atom is -0.309 e. The topological polar surface area (TPSA) is 4.93 Å². The van der Waals surface area contributed by atoms with E-state index in [1.807, 2.05) is 0 Å². The Morgan fingerprint density at radius 3 is 1.16 bits per heavy atom. The van der Waals surface area contributed by atoms with Gasteiger partial charge in [-0.15, -0.1) is 0 Å². The van der Waals surface area contributed by atoms with Gasteiger partial charge in [0.15, 0.2) is 0 Å². The fourth-order valence-corrected chi connectivity index (χ4v) is 11.3. The minimum absolute atomic E-state index is 0.906. The highest BCUT2D eigenvalue weighted by atomic mass is 15.0. The Morgan fingerprint density at radius 1 is 0.229 bits per heavy atom. The first kappa shape index (κ1) is 40.1. The van der Waals surface area contributed by atoms with E-state index in [0.717, 1.165) is 6.42 Å². The van der Waals surface area contributed by atoms with Gasteiger partial charge >= 0.3 is 0 Å². The van der Waals surface area contributed by atoms with Gasteiger partial charge in [0.25, 0.3) is 0 Å². The van der Waals surface area contributed by atoms with E-state index in [1.165, 1.54) is 138 Å². The van der Waals surface area contributed by atoms with Crippen molar-refractivity contribution in [2.45, 2.75) is 6.42 Å². The lowest BCUT2D eigenvalue weighted by Gasteiger charge is -2.11. The molecule has 0 saturated carbocycles. The number of hydrogen-bond acceptors (Lipinski definition) is 0. The highest BCUT2D eigenvalue weighted by molar-refractivity contribution is 6.12. The summed E-state index contributed by atoms with van der Waals surface area (Å²) in [5, 5.41) is 7.55. The quantitative estimate of drug-likeness (QED) is 0.150. The second kappa shape index (κ2) is 16.3. The van der Waals surface area contributed by atoms with Gasteiger partial charge < -0.3 is 4.57 Å². The van der Waals surface area contributed by atoms with Crippen molar-refractivity contribution >= 4 is 43.4 Å². The summed E-state index contributed by atoms with van der Waals surface area (Å²) in [6, 6.07) is 96.5. The monoisotopic (exact) mass is 887 g/mol. The minimum atomic E-state index is 0.906. The summed E-state index contributed by atoms with van der Waals surface area (Å²) in [6.07, 6.45) is 0.906. The second-order valence-electron chi connectivity index (χ2n) is 18.8. The summed E-state index contributed by atoms with van der Waals surface area (Å²) in [5.74, 6) is 0. The Balaban J connectivity index is 0.845. The first-order chi connectivity index (χ1) is 34.7. The van der Waals surface area contributed by atoms with Gasteiger partial charge in [-0.25, -0.2) is 0 Å². The van der Waals surface area contributed by atoms with Crippen LogP contribution in [0, 0.1) is 0 Å². The van der Waals surface area contributed by atoms with E-state index in [9.17, 15) is 0 Å². The maximum Gasteiger partial charge on any atom is 0.0541 e. The summed E-state index contributed by atoms with van der Waals surface area (Å²) in [7, 11) is 0. The molecule has 1 nitrogen and oxygen atoms in total. The molecule has 0 bridgehead atoms. The lowest BCUT2D eigenvalue weighted by atomic mass is 9.95. The second-order valence-corrected chi connectivity index (χ2v) is 18.8. The molecule has 0 amide bonds. The maximum atomic E-state index is 2.48. The van der Waals surface area contributed by atoms with E-state index in [2.05, 4.69) is 265 Å². The molecule has 0 fully saturated rings. The van der Waals surface area contributed by atoms with Gasteiger partial charge in [-0.1, -0.05) is 224 Å². The van der Waals surface area contributed by atoms with Crippen LogP contribution in [0.5, 0.6) is 0 Å². The predicted molar refractivity (Wildman–Crippen MR) is 297 cm³/mol. The van der Waals surface area contributed by atoms with Crippen molar-refractivity contribution in [3.8, 4) is 83.6 Å². The highest BCUT2D eigenvalue weighted by Crippen LogP contribution is 2.43. The standard InChI is InChI=1S/C69H45N/c1-2-10-45(11-3-1)46-20-22-47(23-21-46)54-32-36-64-57(40-54)41-58-42-59(35-37-65(58)64)70-68-38-33-55(48-24-28-52(29-25-48)62-18-8-14-50-12-4-6-16-60(50)62)43-66(68)67-44-56(34-39-69(67)70)49-26-30-53(31-27-49)63-19-9-15-51-13-5-7-17-61(51)63/h1-40,42-44H,41H2. The molecule has 1 aromatic heterocycles. The van der Waals surface area contributed by atoms with Crippen molar-refractivity contribution in [2.75, 3.05) is 0 Å². The molecule has 70 heavy (non-hydrogen) atoms. The smallest absolute Gasteiger partial charge is 0.0541 e. The lowest BCUT2D eigenvalue weighted by molar-refractivity contribution is 1.16. The van der Waals surface area contributed by atoms with Gasteiger partial charge in [0.1, 0.15) is 0 Å². The largest absolute Gasteiger partial charge is 0.309 e. The fourth-order valence-electron chi connectivity index (χ4n) is 11.3. The van der Waals surface area contributed by atoms with Crippen molar-refractivity contribution in [1.82, 2.24) is 4.57 Å². The number of aromatic nitrogens is 1. The van der Waals surface area contributed by atoms with Crippen LogP contribution in [0.4, 0.5) is 0 Å². The molecule has 0 unspecified atom stereocenters. The molecule has 1 heteroatoms. The first-order valence-electron chi connectivity index (χ1n) is 24.3. The third-order valence-electron chi connectivity index (χ3n) is 14.9. The van der Waals surface area contributed by atoms with Crippen LogP contribution >= 0.6 is 0 Å². The van der Waals surface area contributed by atoms with Crippen LogP contribution in [0.2, 0.25) is 0 Å². The van der Waals surface area contributed by atoms with E-state index in [1.54, 1.807) is 0 Å².